The predicted octanol–water partition coefficient (Wildman–Crippen LogP) is 2.28. The van der Waals surface area contributed by atoms with E-state index in [1.54, 1.807) is 0 Å². The molecule has 0 saturated heterocycles. The molecule has 1 aliphatic carbocycles. The Kier molecular flexibility index (Phi) is 8.22. The minimum absolute atomic E-state index is 0.0928. The molecule has 1 fully saturated rings. The number of hydrogen-bond donors (Lipinski definition) is 1. The van der Waals surface area contributed by atoms with Gasteiger partial charge in [0.1, 0.15) is 5.54 Å². The third-order valence-electron chi connectivity index (χ3n) is 3.61. The normalized spacial score (nSPS) is 19.0. The zero-order valence-corrected chi connectivity index (χ0v) is 13.9. The lowest BCUT2D eigenvalue weighted by Crippen LogP contribution is -2.51. The van der Waals surface area contributed by atoms with Crippen LogP contribution in [0.4, 0.5) is 0 Å². The largest absolute Gasteiger partial charge is 0.465 e. The third-order valence-corrected chi connectivity index (χ3v) is 3.61. The van der Waals surface area contributed by atoms with E-state index in [9.17, 15) is 4.79 Å². The van der Waals surface area contributed by atoms with Crippen LogP contribution in [0.3, 0.4) is 0 Å². The van der Waals surface area contributed by atoms with E-state index < -0.39 is 5.54 Å². The van der Waals surface area contributed by atoms with Gasteiger partial charge in [-0.05, 0) is 53.4 Å². The van der Waals surface area contributed by atoms with Crippen molar-refractivity contribution in [1.82, 2.24) is 5.32 Å². The predicted molar refractivity (Wildman–Crippen MR) is 82.3 cm³/mol. The van der Waals surface area contributed by atoms with E-state index in [4.69, 9.17) is 14.2 Å². The van der Waals surface area contributed by atoms with Crippen LogP contribution in [-0.4, -0.2) is 50.1 Å². The average Bonchev–Trinajstić information content (AvgIpc) is 3.25. The number of nitrogens with one attached hydrogen (secondary N) is 1. The molecule has 0 spiro atoms. The zero-order valence-electron chi connectivity index (χ0n) is 13.9. The summed E-state index contributed by atoms with van der Waals surface area (Å²) in [6.45, 7) is 10.1. The highest BCUT2D eigenvalue weighted by atomic mass is 16.5. The van der Waals surface area contributed by atoms with Gasteiger partial charge in [-0.1, -0.05) is 0 Å². The maximum absolute atomic E-state index is 12.2. The molecule has 2 unspecified atom stereocenters. The Hall–Kier alpha value is -0.650. The summed E-state index contributed by atoms with van der Waals surface area (Å²) in [5.41, 5.74) is -0.594. The fraction of sp³-hybridized carbons (Fsp3) is 0.938. The summed E-state index contributed by atoms with van der Waals surface area (Å²) < 4.78 is 16.2. The van der Waals surface area contributed by atoms with Crippen LogP contribution in [0.2, 0.25) is 0 Å². The van der Waals surface area contributed by atoms with Crippen molar-refractivity contribution >= 4 is 5.97 Å². The molecule has 1 rings (SSSR count). The van der Waals surface area contributed by atoms with Crippen LogP contribution in [0.25, 0.3) is 0 Å². The van der Waals surface area contributed by atoms with Gasteiger partial charge in [0.05, 0.1) is 19.3 Å². The van der Waals surface area contributed by atoms with Crippen LogP contribution in [-0.2, 0) is 19.0 Å². The van der Waals surface area contributed by atoms with Crippen molar-refractivity contribution in [2.24, 2.45) is 0 Å². The second kappa shape index (κ2) is 9.38. The molecule has 0 radical (unpaired) electrons. The highest BCUT2D eigenvalue weighted by Gasteiger charge is 2.39. The highest BCUT2D eigenvalue weighted by molar-refractivity contribution is 5.80. The van der Waals surface area contributed by atoms with Crippen molar-refractivity contribution in [2.45, 2.75) is 71.1 Å². The summed E-state index contributed by atoms with van der Waals surface area (Å²) in [5.74, 6) is -0.153. The number of ether oxygens (including phenoxy) is 3. The Morgan fingerprint density at radius 1 is 1.33 bits per heavy atom. The Balaban J connectivity index is 2.30. The summed E-state index contributed by atoms with van der Waals surface area (Å²) in [6.07, 6.45) is 3.94. The maximum Gasteiger partial charge on any atom is 0.326 e. The fourth-order valence-corrected chi connectivity index (χ4v) is 2.24. The van der Waals surface area contributed by atoms with Crippen LogP contribution in [0.15, 0.2) is 0 Å². The SMILES string of the molecule is CCOCC(C)OCCCC(C)(NC1CC1)C(=O)OCC. The topological polar surface area (TPSA) is 56.8 Å². The molecule has 1 saturated carbocycles. The highest BCUT2D eigenvalue weighted by Crippen LogP contribution is 2.25. The maximum atomic E-state index is 12.2. The smallest absolute Gasteiger partial charge is 0.326 e. The zero-order chi connectivity index (χ0) is 15.7. The van der Waals surface area contributed by atoms with Gasteiger partial charge in [-0.3, -0.25) is 10.1 Å². The molecule has 0 heterocycles. The summed E-state index contributed by atoms with van der Waals surface area (Å²) >= 11 is 0. The molecule has 1 aliphatic rings. The van der Waals surface area contributed by atoms with Crippen molar-refractivity contribution in [2.75, 3.05) is 26.4 Å². The molecule has 0 aliphatic heterocycles. The number of carbonyl (C=O) groups is 1. The van der Waals surface area contributed by atoms with E-state index in [0.29, 0.717) is 32.5 Å². The van der Waals surface area contributed by atoms with Crippen LogP contribution in [0.1, 0.15) is 53.4 Å². The molecule has 0 bridgehead atoms. The number of carbonyl (C=O) groups excluding carboxylic acids is 1. The van der Waals surface area contributed by atoms with Gasteiger partial charge in [-0.15, -0.1) is 0 Å². The van der Waals surface area contributed by atoms with Crippen molar-refractivity contribution in [3.05, 3.63) is 0 Å². The summed E-state index contributed by atoms with van der Waals surface area (Å²) in [6, 6.07) is 0.470. The first-order valence-electron chi connectivity index (χ1n) is 8.16. The van der Waals surface area contributed by atoms with E-state index in [0.717, 1.165) is 25.7 Å². The number of esters is 1. The molecule has 2 atom stereocenters. The molecule has 0 aromatic heterocycles. The standard InChI is InChI=1S/C16H31NO4/c1-5-19-12-13(3)21-11-7-10-16(4,15(18)20-6-2)17-14-8-9-14/h13-14,17H,5-12H2,1-4H3. The van der Waals surface area contributed by atoms with E-state index in [-0.39, 0.29) is 12.1 Å². The monoisotopic (exact) mass is 301 g/mol. The van der Waals surface area contributed by atoms with Crippen LogP contribution < -0.4 is 5.32 Å². The first kappa shape index (κ1) is 18.4. The molecule has 5 nitrogen and oxygen atoms in total. The van der Waals surface area contributed by atoms with Gasteiger partial charge < -0.3 is 14.2 Å². The average molecular weight is 301 g/mol. The molecular formula is C16H31NO4. The van der Waals surface area contributed by atoms with E-state index in [2.05, 4.69) is 5.32 Å². The second-order valence-electron chi connectivity index (χ2n) is 5.92. The van der Waals surface area contributed by atoms with Crippen molar-refractivity contribution in [1.29, 1.82) is 0 Å². The Morgan fingerprint density at radius 2 is 2.05 bits per heavy atom. The molecule has 0 aromatic rings. The van der Waals surface area contributed by atoms with E-state index in [1.807, 2.05) is 27.7 Å². The van der Waals surface area contributed by atoms with Gasteiger partial charge in [-0.2, -0.15) is 0 Å². The molecule has 0 aromatic carbocycles. The molecule has 1 N–H and O–H groups in total. The number of rotatable bonds is 12. The van der Waals surface area contributed by atoms with Crippen molar-refractivity contribution < 1.29 is 19.0 Å². The van der Waals surface area contributed by atoms with Gasteiger partial charge in [0.2, 0.25) is 0 Å². The van der Waals surface area contributed by atoms with Crippen molar-refractivity contribution in [3.8, 4) is 0 Å². The minimum Gasteiger partial charge on any atom is -0.465 e. The van der Waals surface area contributed by atoms with Gasteiger partial charge in [0.15, 0.2) is 0 Å². The summed E-state index contributed by atoms with van der Waals surface area (Å²) in [4.78, 5) is 12.2. The first-order valence-corrected chi connectivity index (χ1v) is 8.16. The summed E-state index contributed by atoms with van der Waals surface area (Å²) in [5, 5.41) is 3.42. The second-order valence-corrected chi connectivity index (χ2v) is 5.92. The van der Waals surface area contributed by atoms with Crippen LogP contribution in [0.5, 0.6) is 0 Å². The third kappa shape index (κ3) is 7.25. The minimum atomic E-state index is -0.594. The van der Waals surface area contributed by atoms with Crippen LogP contribution >= 0.6 is 0 Å². The molecule has 124 valence electrons. The molecule has 5 heteroatoms. The van der Waals surface area contributed by atoms with Gasteiger partial charge in [0.25, 0.3) is 0 Å². The van der Waals surface area contributed by atoms with Crippen molar-refractivity contribution in [3.63, 3.8) is 0 Å². The quantitative estimate of drug-likeness (QED) is 0.443. The number of hydrogen-bond acceptors (Lipinski definition) is 5. The first-order chi connectivity index (χ1) is 10.0. The Bertz CT molecular complexity index is 307. The summed E-state index contributed by atoms with van der Waals surface area (Å²) in [7, 11) is 0. The van der Waals surface area contributed by atoms with Gasteiger partial charge >= 0.3 is 5.97 Å². The van der Waals surface area contributed by atoms with Gasteiger partial charge in [-0.25, -0.2) is 0 Å². The lowest BCUT2D eigenvalue weighted by molar-refractivity contribution is -0.151. The Morgan fingerprint density at radius 3 is 2.62 bits per heavy atom. The fourth-order valence-electron chi connectivity index (χ4n) is 2.24. The van der Waals surface area contributed by atoms with E-state index >= 15 is 0 Å². The van der Waals surface area contributed by atoms with E-state index in [1.165, 1.54) is 0 Å². The van der Waals surface area contributed by atoms with Gasteiger partial charge in [0, 0.05) is 19.3 Å². The lowest BCUT2D eigenvalue weighted by Gasteiger charge is -2.29. The lowest BCUT2D eigenvalue weighted by atomic mass is 9.95. The Labute approximate surface area is 128 Å². The molecule has 0 amide bonds. The molecular weight excluding hydrogens is 270 g/mol. The molecule has 21 heavy (non-hydrogen) atoms. The van der Waals surface area contributed by atoms with Crippen LogP contribution in [0, 0.1) is 0 Å².